The molecular weight excluding hydrogens is 369 g/mol. The molecule has 1 atom stereocenters. The van der Waals surface area contributed by atoms with Gasteiger partial charge in [0.05, 0.1) is 30.7 Å². The highest BCUT2D eigenvalue weighted by molar-refractivity contribution is 5.60. The second kappa shape index (κ2) is 7.24. The molecule has 1 saturated heterocycles. The summed E-state index contributed by atoms with van der Waals surface area (Å²) in [4.78, 5) is 2.05. The Morgan fingerprint density at radius 2 is 1.71 bits per heavy atom. The molecule has 1 aliphatic rings. The van der Waals surface area contributed by atoms with Gasteiger partial charge < -0.3 is 18.9 Å². The van der Waals surface area contributed by atoms with Crippen LogP contribution in [0.4, 0.5) is 18.9 Å². The number of benzene rings is 2. The van der Waals surface area contributed by atoms with E-state index in [1.54, 1.807) is 31.6 Å². The van der Waals surface area contributed by atoms with Crippen LogP contribution in [0.1, 0.15) is 17.4 Å². The van der Waals surface area contributed by atoms with E-state index in [0.29, 0.717) is 13.2 Å². The van der Waals surface area contributed by atoms with Gasteiger partial charge in [0.25, 0.3) is 0 Å². The molecule has 2 heterocycles. The lowest BCUT2D eigenvalue weighted by atomic mass is 10.1. The van der Waals surface area contributed by atoms with Gasteiger partial charge in [0.2, 0.25) is 0 Å². The van der Waals surface area contributed by atoms with E-state index in [9.17, 15) is 13.2 Å². The number of anilines is 1. The van der Waals surface area contributed by atoms with Crippen molar-refractivity contribution in [2.75, 3.05) is 25.2 Å². The van der Waals surface area contributed by atoms with Crippen LogP contribution in [0.2, 0.25) is 0 Å². The summed E-state index contributed by atoms with van der Waals surface area (Å²) in [5, 5.41) is 0. The Morgan fingerprint density at radius 3 is 2.46 bits per heavy atom. The van der Waals surface area contributed by atoms with Crippen LogP contribution in [-0.4, -0.2) is 24.8 Å². The van der Waals surface area contributed by atoms with Crippen molar-refractivity contribution in [2.45, 2.75) is 12.4 Å². The number of halogens is 3. The predicted octanol–water partition coefficient (Wildman–Crippen LogP) is 5.04. The number of rotatable bonds is 4. The quantitative estimate of drug-likeness (QED) is 0.627. The normalized spacial score (nSPS) is 17.1. The third-order valence-electron chi connectivity index (χ3n) is 4.77. The van der Waals surface area contributed by atoms with Crippen LogP contribution in [0.25, 0.3) is 5.69 Å². The second-order valence-electron chi connectivity index (χ2n) is 6.46. The Balaban J connectivity index is 1.68. The zero-order valence-corrected chi connectivity index (χ0v) is 15.2. The molecule has 0 spiro atoms. The summed E-state index contributed by atoms with van der Waals surface area (Å²) in [6, 6.07) is 14.9. The molecule has 0 radical (unpaired) electrons. The number of hydrogen-bond donors (Lipinski definition) is 0. The van der Waals surface area contributed by atoms with E-state index >= 15 is 0 Å². The third-order valence-corrected chi connectivity index (χ3v) is 4.77. The summed E-state index contributed by atoms with van der Waals surface area (Å²) in [5.74, 6) is 0.722. The molecule has 0 amide bonds. The van der Waals surface area contributed by atoms with Crippen LogP contribution in [0, 0.1) is 0 Å². The molecule has 4 nitrogen and oxygen atoms in total. The van der Waals surface area contributed by atoms with Gasteiger partial charge in [-0.05, 0) is 30.3 Å². The van der Waals surface area contributed by atoms with Crippen LogP contribution >= 0.6 is 0 Å². The van der Waals surface area contributed by atoms with Gasteiger partial charge in [-0.1, -0.05) is 24.3 Å². The number of ether oxygens (including phenoxy) is 2. The number of nitrogens with zero attached hydrogens (tertiary/aromatic N) is 2. The van der Waals surface area contributed by atoms with Crippen molar-refractivity contribution >= 4 is 5.69 Å². The molecule has 3 aromatic rings. The van der Waals surface area contributed by atoms with E-state index in [-0.39, 0.29) is 5.69 Å². The number of hydrogen-bond acceptors (Lipinski definition) is 3. The number of aromatic nitrogens is 1. The molecule has 0 N–H and O–H groups in total. The zero-order chi connectivity index (χ0) is 19.7. The minimum Gasteiger partial charge on any atom is -0.495 e. The SMILES string of the molecule is COc1ccccc1N1CCOC1c1ccn(-c2ccccc2C(F)(F)F)c1. The fourth-order valence-electron chi connectivity index (χ4n) is 3.51. The lowest BCUT2D eigenvalue weighted by Crippen LogP contribution is -2.23. The summed E-state index contributed by atoms with van der Waals surface area (Å²) < 4.78 is 52.9. The van der Waals surface area contributed by atoms with Crippen molar-refractivity contribution in [2.24, 2.45) is 0 Å². The predicted molar refractivity (Wildman–Crippen MR) is 99.8 cm³/mol. The Morgan fingerprint density at radius 1 is 1.00 bits per heavy atom. The highest BCUT2D eigenvalue weighted by Crippen LogP contribution is 2.38. The van der Waals surface area contributed by atoms with Gasteiger partial charge in [0, 0.05) is 24.5 Å². The van der Waals surface area contributed by atoms with E-state index in [1.165, 1.54) is 16.7 Å². The first-order valence-electron chi connectivity index (χ1n) is 8.85. The van der Waals surface area contributed by atoms with Crippen molar-refractivity contribution in [3.05, 3.63) is 78.1 Å². The van der Waals surface area contributed by atoms with E-state index in [2.05, 4.69) is 0 Å². The van der Waals surface area contributed by atoms with Crippen molar-refractivity contribution in [3.8, 4) is 11.4 Å². The van der Waals surface area contributed by atoms with Crippen LogP contribution in [0.3, 0.4) is 0 Å². The fourth-order valence-corrected chi connectivity index (χ4v) is 3.51. The molecule has 0 bridgehead atoms. The first kappa shape index (κ1) is 18.4. The zero-order valence-electron chi connectivity index (χ0n) is 15.2. The van der Waals surface area contributed by atoms with Gasteiger partial charge >= 0.3 is 6.18 Å². The van der Waals surface area contributed by atoms with E-state index in [1.807, 2.05) is 29.2 Å². The van der Waals surface area contributed by atoms with Crippen molar-refractivity contribution in [1.29, 1.82) is 0 Å². The number of para-hydroxylation sites is 3. The van der Waals surface area contributed by atoms with Gasteiger partial charge in [-0.2, -0.15) is 13.2 Å². The first-order valence-corrected chi connectivity index (χ1v) is 8.85. The molecule has 0 aliphatic carbocycles. The molecule has 1 aromatic heterocycles. The van der Waals surface area contributed by atoms with Crippen molar-refractivity contribution in [3.63, 3.8) is 0 Å². The molecule has 1 fully saturated rings. The Hall–Kier alpha value is -2.93. The standard InChI is InChI=1S/C21H19F3N2O2/c1-27-19-9-5-4-8-18(19)26-12-13-28-20(26)15-10-11-25(14-15)17-7-3-2-6-16(17)21(22,23)24/h2-11,14,20H,12-13H2,1H3. The Bertz CT molecular complexity index is 968. The minimum atomic E-state index is -4.42. The summed E-state index contributed by atoms with van der Waals surface area (Å²) in [6.07, 6.45) is -1.50. The Kier molecular flexibility index (Phi) is 4.77. The van der Waals surface area contributed by atoms with Gasteiger partial charge in [0.1, 0.15) is 5.75 Å². The maximum absolute atomic E-state index is 13.3. The van der Waals surface area contributed by atoms with E-state index < -0.39 is 18.0 Å². The van der Waals surface area contributed by atoms with Crippen molar-refractivity contribution < 1.29 is 22.6 Å². The monoisotopic (exact) mass is 388 g/mol. The van der Waals surface area contributed by atoms with Crippen LogP contribution < -0.4 is 9.64 Å². The van der Waals surface area contributed by atoms with Crippen LogP contribution in [0.15, 0.2) is 67.0 Å². The highest BCUT2D eigenvalue weighted by Gasteiger charge is 2.34. The molecule has 28 heavy (non-hydrogen) atoms. The average Bonchev–Trinajstić information content (AvgIpc) is 3.36. The number of alkyl halides is 3. The Labute approximate surface area is 160 Å². The van der Waals surface area contributed by atoms with Gasteiger partial charge in [-0.25, -0.2) is 0 Å². The van der Waals surface area contributed by atoms with E-state index in [0.717, 1.165) is 23.1 Å². The summed E-state index contributed by atoms with van der Waals surface area (Å²) in [6.45, 7) is 1.18. The molecule has 1 aliphatic heterocycles. The van der Waals surface area contributed by atoms with Crippen LogP contribution in [-0.2, 0) is 10.9 Å². The minimum absolute atomic E-state index is 0.0862. The highest BCUT2D eigenvalue weighted by atomic mass is 19.4. The fraction of sp³-hybridized carbons (Fsp3) is 0.238. The molecule has 4 rings (SSSR count). The lowest BCUT2D eigenvalue weighted by molar-refractivity contribution is -0.137. The average molecular weight is 388 g/mol. The van der Waals surface area contributed by atoms with Crippen LogP contribution in [0.5, 0.6) is 5.75 Å². The molecule has 146 valence electrons. The lowest BCUT2D eigenvalue weighted by Gasteiger charge is -2.26. The van der Waals surface area contributed by atoms with E-state index in [4.69, 9.17) is 9.47 Å². The molecule has 7 heteroatoms. The largest absolute Gasteiger partial charge is 0.495 e. The second-order valence-corrected chi connectivity index (χ2v) is 6.46. The number of methoxy groups -OCH3 is 1. The third kappa shape index (κ3) is 3.33. The van der Waals surface area contributed by atoms with Gasteiger partial charge in [0.15, 0.2) is 6.23 Å². The summed E-state index contributed by atoms with van der Waals surface area (Å²) in [7, 11) is 1.61. The molecular formula is C21H19F3N2O2. The summed E-state index contributed by atoms with van der Waals surface area (Å²) in [5.41, 5.74) is 1.07. The first-order chi connectivity index (χ1) is 13.5. The molecule has 1 unspecified atom stereocenters. The molecule has 0 saturated carbocycles. The topological polar surface area (TPSA) is 26.6 Å². The van der Waals surface area contributed by atoms with Gasteiger partial charge in [-0.15, -0.1) is 0 Å². The maximum Gasteiger partial charge on any atom is 0.418 e. The summed E-state index contributed by atoms with van der Waals surface area (Å²) >= 11 is 0. The molecule has 2 aromatic carbocycles. The van der Waals surface area contributed by atoms with Crippen molar-refractivity contribution in [1.82, 2.24) is 4.57 Å². The smallest absolute Gasteiger partial charge is 0.418 e. The van der Waals surface area contributed by atoms with Gasteiger partial charge in [-0.3, -0.25) is 0 Å². The maximum atomic E-state index is 13.3.